The number of carbonyl (C=O) groups excluding carboxylic acids is 1. The Hall–Kier alpha value is -3.55. The molecule has 0 spiro atoms. The second-order valence-electron chi connectivity index (χ2n) is 6.26. The van der Waals surface area contributed by atoms with Crippen molar-refractivity contribution in [3.8, 4) is 22.4 Å². The quantitative estimate of drug-likeness (QED) is 0.737. The molecular formula is C19H19FN6O. The summed E-state index contributed by atoms with van der Waals surface area (Å²) >= 11 is 0. The van der Waals surface area contributed by atoms with Crippen LogP contribution in [0.25, 0.3) is 22.4 Å². The summed E-state index contributed by atoms with van der Waals surface area (Å²) < 4.78 is 14.6. The second-order valence-corrected chi connectivity index (χ2v) is 6.26. The summed E-state index contributed by atoms with van der Waals surface area (Å²) in [6.07, 6.45) is 1.60. The molecule has 0 saturated carbocycles. The van der Waals surface area contributed by atoms with Gasteiger partial charge in [-0.15, -0.1) is 0 Å². The number of amides is 1. The number of nitrogens with zero attached hydrogens (tertiary/aromatic N) is 4. The first-order valence-electron chi connectivity index (χ1n) is 8.15. The van der Waals surface area contributed by atoms with Crippen molar-refractivity contribution < 1.29 is 9.18 Å². The molecule has 0 radical (unpaired) electrons. The third-order valence-corrected chi connectivity index (χ3v) is 4.06. The first-order chi connectivity index (χ1) is 12.8. The van der Waals surface area contributed by atoms with Crippen molar-refractivity contribution in [2.45, 2.75) is 6.92 Å². The summed E-state index contributed by atoms with van der Waals surface area (Å²) in [5, 5.41) is 0. The van der Waals surface area contributed by atoms with E-state index in [2.05, 4.69) is 15.0 Å². The number of aryl methyl sites for hydroxylation is 1. The van der Waals surface area contributed by atoms with Crippen molar-refractivity contribution in [1.29, 1.82) is 0 Å². The zero-order valence-corrected chi connectivity index (χ0v) is 15.2. The average molecular weight is 366 g/mol. The van der Waals surface area contributed by atoms with Crippen molar-refractivity contribution >= 4 is 17.7 Å². The maximum atomic E-state index is 14.6. The molecule has 0 bridgehead atoms. The normalized spacial score (nSPS) is 10.7. The van der Waals surface area contributed by atoms with Crippen LogP contribution in [0.1, 0.15) is 16.1 Å². The molecule has 3 rings (SSSR count). The van der Waals surface area contributed by atoms with Crippen molar-refractivity contribution in [3.63, 3.8) is 0 Å². The number of nitrogens with two attached hydrogens (primary N) is 2. The maximum Gasteiger partial charge on any atom is 0.256 e. The van der Waals surface area contributed by atoms with E-state index in [4.69, 9.17) is 11.5 Å². The first-order valence-corrected chi connectivity index (χ1v) is 8.15. The fourth-order valence-electron chi connectivity index (χ4n) is 2.78. The molecule has 4 N–H and O–H groups in total. The zero-order valence-electron chi connectivity index (χ0n) is 15.2. The van der Waals surface area contributed by atoms with Gasteiger partial charge < -0.3 is 16.4 Å². The highest BCUT2D eigenvalue weighted by molar-refractivity contribution is 5.95. The van der Waals surface area contributed by atoms with Gasteiger partial charge in [-0.1, -0.05) is 6.07 Å². The van der Waals surface area contributed by atoms with E-state index in [1.807, 2.05) is 0 Å². The summed E-state index contributed by atoms with van der Waals surface area (Å²) in [4.78, 5) is 26.0. The predicted molar refractivity (Wildman–Crippen MR) is 102 cm³/mol. The molecule has 7 nitrogen and oxygen atoms in total. The van der Waals surface area contributed by atoms with Gasteiger partial charge in [0.25, 0.3) is 5.91 Å². The lowest BCUT2D eigenvalue weighted by atomic mass is 9.98. The minimum absolute atomic E-state index is 0.0156. The zero-order chi connectivity index (χ0) is 19.7. The van der Waals surface area contributed by atoms with E-state index in [-0.39, 0.29) is 11.5 Å². The molecule has 8 heteroatoms. The van der Waals surface area contributed by atoms with E-state index < -0.39 is 11.7 Å². The van der Waals surface area contributed by atoms with Gasteiger partial charge in [0.15, 0.2) is 0 Å². The monoisotopic (exact) mass is 366 g/mol. The van der Waals surface area contributed by atoms with Crippen LogP contribution in [0, 0.1) is 12.7 Å². The molecule has 0 aliphatic rings. The maximum absolute atomic E-state index is 14.6. The highest BCUT2D eigenvalue weighted by Gasteiger charge is 2.19. The largest absolute Gasteiger partial charge is 0.384 e. The Morgan fingerprint density at radius 3 is 2.37 bits per heavy atom. The van der Waals surface area contributed by atoms with Gasteiger partial charge in [-0.3, -0.25) is 4.79 Å². The molecule has 0 aliphatic heterocycles. The van der Waals surface area contributed by atoms with Crippen LogP contribution in [0.15, 0.2) is 36.5 Å². The van der Waals surface area contributed by atoms with Crippen molar-refractivity contribution in [2.75, 3.05) is 25.6 Å². The van der Waals surface area contributed by atoms with Crippen LogP contribution < -0.4 is 11.5 Å². The minimum Gasteiger partial charge on any atom is -0.384 e. The molecule has 2 aromatic heterocycles. The Morgan fingerprint density at radius 2 is 1.78 bits per heavy atom. The van der Waals surface area contributed by atoms with Gasteiger partial charge in [-0.2, -0.15) is 0 Å². The molecule has 0 saturated heterocycles. The van der Waals surface area contributed by atoms with Crippen LogP contribution in [0.5, 0.6) is 0 Å². The molecular weight excluding hydrogens is 347 g/mol. The summed E-state index contributed by atoms with van der Waals surface area (Å²) in [6.45, 7) is 1.79. The van der Waals surface area contributed by atoms with E-state index >= 15 is 0 Å². The van der Waals surface area contributed by atoms with E-state index in [0.29, 0.717) is 28.3 Å². The Bertz CT molecular complexity index is 1020. The predicted octanol–water partition coefficient (Wildman–Crippen LogP) is 2.52. The number of nitrogen functional groups attached to an aromatic ring is 2. The van der Waals surface area contributed by atoms with Crippen LogP contribution in [-0.2, 0) is 0 Å². The average Bonchev–Trinajstić information content (AvgIpc) is 2.61. The lowest BCUT2D eigenvalue weighted by Crippen LogP contribution is -2.22. The first kappa shape index (κ1) is 18.2. The molecule has 27 heavy (non-hydrogen) atoms. The number of carbonyl (C=O) groups is 1. The molecule has 1 amide bonds. The Labute approximate surface area is 155 Å². The molecule has 1 aromatic carbocycles. The lowest BCUT2D eigenvalue weighted by molar-refractivity contribution is 0.0823. The van der Waals surface area contributed by atoms with E-state index in [1.165, 1.54) is 17.0 Å². The SMILES string of the molecule is Cc1nc(N)nc(-c2ccc(C(=O)N(C)C)c(F)c2)c1-c1ccc(N)nc1. The van der Waals surface area contributed by atoms with Crippen LogP contribution in [0.4, 0.5) is 16.2 Å². The topological polar surface area (TPSA) is 111 Å². The summed E-state index contributed by atoms with van der Waals surface area (Å²) in [6, 6.07) is 7.79. The van der Waals surface area contributed by atoms with Gasteiger partial charge in [-0.25, -0.2) is 19.3 Å². The number of hydrogen-bond donors (Lipinski definition) is 2. The van der Waals surface area contributed by atoms with Gasteiger partial charge in [0.1, 0.15) is 11.6 Å². The number of pyridine rings is 1. The molecule has 0 fully saturated rings. The van der Waals surface area contributed by atoms with Gasteiger partial charge in [0.05, 0.1) is 17.0 Å². The van der Waals surface area contributed by atoms with Gasteiger partial charge in [-0.05, 0) is 31.2 Å². The van der Waals surface area contributed by atoms with E-state index in [1.54, 1.807) is 45.4 Å². The molecule has 2 heterocycles. The van der Waals surface area contributed by atoms with E-state index in [0.717, 1.165) is 5.56 Å². The third kappa shape index (κ3) is 3.55. The Kier molecular flexibility index (Phi) is 4.72. The smallest absolute Gasteiger partial charge is 0.256 e. The van der Waals surface area contributed by atoms with Crippen LogP contribution in [0.2, 0.25) is 0 Å². The molecule has 0 atom stereocenters. The highest BCUT2D eigenvalue weighted by Crippen LogP contribution is 2.33. The lowest BCUT2D eigenvalue weighted by Gasteiger charge is -2.14. The van der Waals surface area contributed by atoms with Gasteiger partial charge in [0, 0.05) is 37.0 Å². The summed E-state index contributed by atoms with van der Waals surface area (Å²) in [7, 11) is 3.13. The fraction of sp³-hybridized carbons (Fsp3) is 0.158. The minimum atomic E-state index is -0.637. The molecule has 138 valence electrons. The number of aromatic nitrogens is 3. The van der Waals surface area contributed by atoms with E-state index in [9.17, 15) is 9.18 Å². The van der Waals surface area contributed by atoms with Crippen LogP contribution >= 0.6 is 0 Å². The number of rotatable bonds is 3. The molecule has 0 unspecified atom stereocenters. The standard InChI is InChI=1S/C19H19FN6O/c1-10-16(12-5-7-15(21)23-9-12)17(25-19(22)24-10)11-4-6-13(14(20)8-11)18(27)26(2)3/h4-9H,1-3H3,(H2,21,23)(H2,22,24,25). The number of hydrogen-bond acceptors (Lipinski definition) is 6. The number of anilines is 2. The van der Waals surface area contributed by atoms with Crippen molar-refractivity contribution in [3.05, 3.63) is 53.6 Å². The Balaban J connectivity index is 2.18. The Morgan fingerprint density at radius 1 is 1.07 bits per heavy atom. The van der Waals surface area contributed by atoms with Gasteiger partial charge >= 0.3 is 0 Å². The third-order valence-electron chi connectivity index (χ3n) is 4.06. The van der Waals surface area contributed by atoms with Crippen molar-refractivity contribution in [1.82, 2.24) is 19.9 Å². The number of benzene rings is 1. The highest BCUT2D eigenvalue weighted by atomic mass is 19.1. The van der Waals surface area contributed by atoms with Crippen LogP contribution in [0.3, 0.4) is 0 Å². The molecule has 0 aliphatic carbocycles. The fourth-order valence-corrected chi connectivity index (χ4v) is 2.78. The number of halogens is 1. The summed E-state index contributed by atoms with van der Waals surface area (Å²) in [5.41, 5.74) is 14.4. The second kappa shape index (κ2) is 6.99. The molecule has 3 aromatic rings. The van der Waals surface area contributed by atoms with Crippen molar-refractivity contribution in [2.24, 2.45) is 0 Å². The van der Waals surface area contributed by atoms with Gasteiger partial charge in [0.2, 0.25) is 5.95 Å². The van der Waals surface area contributed by atoms with Crippen LogP contribution in [-0.4, -0.2) is 39.9 Å². The summed E-state index contributed by atoms with van der Waals surface area (Å²) in [5.74, 6) is -0.599.